The molecular weight excluding hydrogens is 379 g/mol. The van der Waals surface area contributed by atoms with Gasteiger partial charge in [-0.25, -0.2) is 0 Å². The summed E-state index contributed by atoms with van der Waals surface area (Å²) in [5, 5.41) is 3.51. The van der Waals surface area contributed by atoms with Gasteiger partial charge in [0.05, 0.1) is 17.2 Å². The van der Waals surface area contributed by atoms with Crippen LogP contribution in [0.2, 0.25) is 10.0 Å². The number of likely N-dealkylation sites (tertiary alicyclic amines) is 1. The Balaban J connectivity index is 1.94. The minimum atomic E-state index is -0.351. The number of nitrogens with one attached hydrogen (secondary N) is 1. The lowest BCUT2D eigenvalue weighted by atomic mass is 10.0. The van der Waals surface area contributed by atoms with E-state index in [1.54, 1.807) is 17.0 Å². The molecule has 142 valence electrons. The van der Waals surface area contributed by atoms with E-state index in [9.17, 15) is 14.4 Å². The summed E-state index contributed by atoms with van der Waals surface area (Å²) in [7, 11) is 1.43. The van der Waals surface area contributed by atoms with Crippen molar-refractivity contribution in [2.24, 2.45) is 0 Å². The van der Waals surface area contributed by atoms with Crippen molar-refractivity contribution in [1.29, 1.82) is 0 Å². The summed E-state index contributed by atoms with van der Waals surface area (Å²) in [5.74, 6) is -0.124. The number of carbonyl (C=O) groups excluding carboxylic acids is 3. The van der Waals surface area contributed by atoms with E-state index in [1.807, 2.05) is 0 Å². The van der Waals surface area contributed by atoms with E-state index in [1.165, 1.54) is 14.0 Å². The van der Waals surface area contributed by atoms with Crippen molar-refractivity contribution >= 4 is 40.8 Å². The van der Waals surface area contributed by atoms with Crippen molar-refractivity contribution in [3.63, 3.8) is 0 Å². The van der Waals surface area contributed by atoms with E-state index in [-0.39, 0.29) is 52.8 Å². The van der Waals surface area contributed by atoms with Gasteiger partial charge in [-0.3, -0.25) is 9.59 Å². The fraction of sp³-hybridized carbons (Fsp3) is 0.500. The van der Waals surface area contributed by atoms with Crippen LogP contribution in [-0.2, 0) is 9.59 Å². The number of piperidine rings is 1. The maximum atomic E-state index is 12.6. The minimum Gasteiger partial charge on any atom is -0.494 e. The molecule has 1 fully saturated rings. The molecule has 0 aromatic heterocycles. The van der Waals surface area contributed by atoms with Crippen LogP contribution in [0, 0.1) is 0 Å². The minimum absolute atomic E-state index is 0.00727. The van der Waals surface area contributed by atoms with Crippen LogP contribution in [0.25, 0.3) is 0 Å². The highest BCUT2D eigenvalue weighted by Gasteiger charge is 2.26. The molecule has 0 radical (unpaired) electrons. The third-order valence-corrected chi connectivity index (χ3v) is 4.98. The van der Waals surface area contributed by atoms with Crippen LogP contribution >= 0.6 is 23.2 Å². The molecule has 8 heteroatoms. The molecular formula is C18H22Cl2N2O4. The standard InChI is InChI=1S/C18H22Cl2N2O4/c1-11(23)3-6-15(24)22-9-7-12(8-10-22)21-18(25)16-13(19)4-5-14(20)17(16)26-2/h4-5,12H,3,6-10H2,1-2H3,(H,21,25). The SMILES string of the molecule is COc1c(Cl)ccc(Cl)c1C(=O)NC1CCN(C(=O)CCC(C)=O)CC1. The number of Topliss-reactive ketones (excluding diaryl/α,β-unsaturated/α-hetero) is 1. The van der Waals surface area contributed by atoms with Crippen LogP contribution in [-0.4, -0.2) is 48.7 Å². The zero-order chi connectivity index (χ0) is 19.3. The lowest BCUT2D eigenvalue weighted by Crippen LogP contribution is -2.46. The molecule has 2 rings (SSSR count). The summed E-state index contributed by atoms with van der Waals surface area (Å²) < 4.78 is 5.20. The third-order valence-electron chi connectivity index (χ3n) is 4.36. The Hall–Kier alpha value is -1.79. The van der Waals surface area contributed by atoms with Crippen molar-refractivity contribution < 1.29 is 19.1 Å². The average Bonchev–Trinajstić information content (AvgIpc) is 2.61. The van der Waals surface area contributed by atoms with Crippen LogP contribution in [0.4, 0.5) is 0 Å². The summed E-state index contributed by atoms with van der Waals surface area (Å²) in [5.41, 5.74) is 0.210. The first-order chi connectivity index (χ1) is 12.3. The lowest BCUT2D eigenvalue weighted by molar-refractivity contribution is -0.133. The van der Waals surface area contributed by atoms with E-state index in [4.69, 9.17) is 27.9 Å². The molecule has 2 amide bonds. The smallest absolute Gasteiger partial charge is 0.256 e. The molecule has 1 aliphatic rings. The predicted molar refractivity (Wildman–Crippen MR) is 100.0 cm³/mol. The molecule has 1 heterocycles. The summed E-state index contributed by atoms with van der Waals surface area (Å²) in [4.78, 5) is 37.4. The van der Waals surface area contributed by atoms with Gasteiger partial charge in [0.25, 0.3) is 5.91 Å². The summed E-state index contributed by atoms with van der Waals surface area (Å²) in [6.45, 7) is 2.56. The molecule has 1 aromatic rings. The van der Waals surface area contributed by atoms with Gasteiger partial charge < -0.3 is 19.7 Å². The Morgan fingerprint density at radius 2 is 1.77 bits per heavy atom. The Morgan fingerprint density at radius 3 is 2.35 bits per heavy atom. The fourth-order valence-electron chi connectivity index (χ4n) is 2.92. The zero-order valence-corrected chi connectivity index (χ0v) is 16.3. The van der Waals surface area contributed by atoms with Gasteiger partial charge in [-0.2, -0.15) is 0 Å². The van der Waals surface area contributed by atoms with Gasteiger partial charge in [0.1, 0.15) is 11.3 Å². The normalized spacial score (nSPS) is 14.8. The van der Waals surface area contributed by atoms with E-state index in [0.29, 0.717) is 31.0 Å². The van der Waals surface area contributed by atoms with E-state index in [0.717, 1.165) is 0 Å². The van der Waals surface area contributed by atoms with Crippen LogP contribution in [0.5, 0.6) is 5.75 Å². The van der Waals surface area contributed by atoms with Crippen LogP contribution < -0.4 is 10.1 Å². The second-order valence-corrected chi connectivity index (χ2v) is 7.08. The number of halogens is 2. The first-order valence-corrected chi connectivity index (χ1v) is 9.19. The number of rotatable bonds is 6. The Kier molecular flexibility index (Phi) is 7.29. The highest BCUT2D eigenvalue weighted by atomic mass is 35.5. The molecule has 1 N–H and O–H groups in total. The molecule has 0 atom stereocenters. The second kappa shape index (κ2) is 9.24. The highest BCUT2D eigenvalue weighted by Crippen LogP contribution is 2.33. The first-order valence-electron chi connectivity index (χ1n) is 8.43. The van der Waals surface area contributed by atoms with Crippen LogP contribution in [0.3, 0.4) is 0 Å². The number of hydrogen-bond donors (Lipinski definition) is 1. The molecule has 0 unspecified atom stereocenters. The van der Waals surface area contributed by atoms with Gasteiger partial charge in [0.15, 0.2) is 5.75 Å². The number of hydrogen-bond acceptors (Lipinski definition) is 4. The Bertz CT molecular complexity index is 701. The van der Waals surface area contributed by atoms with Crippen LogP contribution in [0.1, 0.15) is 43.0 Å². The van der Waals surface area contributed by atoms with Gasteiger partial charge in [-0.15, -0.1) is 0 Å². The topological polar surface area (TPSA) is 75.7 Å². The van der Waals surface area contributed by atoms with E-state index >= 15 is 0 Å². The van der Waals surface area contributed by atoms with Crippen molar-refractivity contribution in [2.75, 3.05) is 20.2 Å². The van der Waals surface area contributed by atoms with Gasteiger partial charge in [0, 0.05) is 32.0 Å². The molecule has 0 saturated carbocycles. The third kappa shape index (κ3) is 5.11. The number of nitrogens with zero attached hydrogens (tertiary/aromatic N) is 1. The quantitative estimate of drug-likeness (QED) is 0.795. The van der Waals surface area contributed by atoms with Gasteiger partial charge in [0.2, 0.25) is 5.91 Å². The number of benzene rings is 1. The Labute approximate surface area is 162 Å². The fourth-order valence-corrected chi connectivity index (χ4v) is 3.39. The first kappa shape index (κ1) is 20.5. The van der Waals surface area contributed by atoms with E-state index < -0.39 is 0 Å². The molecule has 0 spiro atoms. The highest BCUT2D eigenvalue weighted by molar-refractivity contribution is 6.37. The Morgan fingerprint density at radius 1 is 1.15 bits per heavy atom. The molecule has 0 aliphatic carbocycles. The van der Waals surface area contributed by atoms with Crippen molar-refractivity contribution in [3.05, 3.63) is 27.7 Å². The number of ketones is 1. The average molecular weight is 401 g/mol. The predicted octanol–water partition coefficient (Wildman–Crippen LogP) is 3.09. The van der Waals surface area contributed by atoms with Gasteiger partial charge >= 0.3 is 0 Å². The molecule has 6 nitrogen and oxygen atoms in total. The number of amides is 2. The number of methoxy groups -OCH3 is 1. The maximum absolute atomic E-state index is 12.6. The number of carbonyl (C=O) groups is 3. The van der Waals surface area contributed by atoms with Crippen LogP contribution in [0.15, 0.2) is 12.1 Å². The summed E-state index contributed by atoms with van der Waals surface area (Å²) >= 11 is 12.2. The van der Waals surface area contributed by atoms with Crippen molar-refractivity contribution in [1.82, 2.24) is 10.2 Å². The molecule has 0 bridgehead atoms. The summed E-state index contributed by atoms with van der Waals surface area (Å²) in [6.07, 6.45) is 1.78. The molecule has 1 aromatic carbocycles. The number of ether oxygens (including phenoxy) is 1. The van der Waals surface area contributed by atoms with Crippen molar-refractivity contribution in [3.8, 4) is 5.75 Å². The maximum Gasteiger partial charge on any atom is 0.256 e. The lowest BCUT2D eigenvalue weighted by Gasteiger charge is -2.32. The molecule has 1 aliphatic heterocycles. The van der Waals surface area contributed by atoms with Gasteiger partial charge in [-0.1, -0.05) is 23.2 Å². The van der Waals surface area contributed by atoms with Crippen molar-refractivity contribution in [2.45, 2.75) is 38.6 Å². The second-order valence-electron chi connectivity index (χ2n) is 6.27. The monoisotopic (exact) mass is 400 g/mol. The van der Waals surface area contributed by atoms with E-state index in [2.05, 4.69) is 5.32 Å². The zero-order valence-electron chi connectivity index (χ0n) is 14.8. The summed E-state index contributed by atoms with van der Waals surface area (Å²) in [6, 6.07) is 3.06. The van der Waals surface area contributed by atoms with Gasteiger partial charge in [-0.05, 0) is 31.9 Å². The molecule has 26 heavy (non-hydrogen) atoms. The molecule has 1 saturated heterocycles. The largest absolute Gasteiger partial charge is 0.494 e.